The summed E-state index contributed by atoms with van der Waals surface area (Å²) in [6, 6.07) is 4.49. The normalized spacial score (nSPS) is 18.4. The predicted octanol–water partition coefficient (Wildman–Crippen LogP) is 1.55. The number of hydrogen-bond acceptors (Lipinski definition) is 4. The molecule has 1 aromatic rings. The van der Waals surface area contributed by atoms with Crippen molar-refractivity contribution >= 4 is 6.09 Å². The third-order valence-corrected chi connectivity index (χ3v) is 3.39. The summed E-state index contributed by atoms with van der Waals surface area (Å²) in [5.41, 5.74) is 0. The highest BCUT2D eigenvalue weighted by Gasteiger charge is 2.22. The average molecular weight is 298 g/mol. The molecule has 1 aliphatic heterocycles. The van der Waals surface area contributed by atoms with Crippen molar-refractivity contribution in [3.05, 3.63) is 24.0 Å². The molecule has 7 heteroatoms. The lowest BCUT2D eigenvalue weighted by atomic mass is 10.1. The van der Waals surface area contributed by atoms with Gasteiger partial charge in [-0.05, 0) is 18.6 Å². The van der Waals surface area contributed by atoms with Gasteiger partial charge in [-0.3, -0.25) is 0 Å². The largest absolute Gasteiger partial charge is 0.493 e. The average Bonchev–Trinajstić information content (AvgIpc) is 2.49. The lowest BCUT2D eigenvalue weighted by Gasteiger charge is -2.31. The number of nitrogens with one attached hydrogen (secondary N) is 1. The Bertz CT molecular complexity index is 498. The zero-order valence-corrected chi connectivity index (χ0v) is 11.8. The lowest BCUT2D eigenvalue weighted by Crippen LogP contribution is -2.52. The molecule has 1 aliphatic rings. The third-order valence-electron chi connectivity index (χ3n) is 3.39. The molecular formula is C14H19FN2O4. The molecule has 116 valence electrons. The van der Waals surface area contributed by atoms with Gasteiger partial charge in [0.05, 0.1) is 13.7 Å². The van der Waals surface area contributed by atoms with Crippen LogP contribution >= 0.6 is 0 Å². The number of nitrogens with zero attached hydrogens (tertiary/aromatic N) is 1. The molecule has 0 bridgehead atoms. The van der Waals surface area contributed by atoms with Gasteiger partial charge in [-0.1, -0.05) is 6.07 Å². The fourth-order valence-electron chi connectivity index (χ4n) is 2.29. The number of benzene rings is 1. The monoisotopic (exact) mass is 298 g/mol. The highest BCUT2D eigenvalue weighted by atomic mass is 19.1. The van der Waals surface area contributed by atoms with E-state index in [0.29, 0.717) is 31.8 Å². The van der Waals surface area contributed by atoms with Crippen molar-refractivity contribution in [3.8, 4) is 11.5 Å². The Hall–Kier alpha value is -2.02. The Morgan fingerprint density at radius 3 is 3.10 bits per heavy atom. The van der Waals surface area contributed by atoms with Crippen molar-refractivity contribution in [3.63, 3.8) is 0 Å². The first-order chi connectivity index (χ1) is 10.1. The van der Waals surface area contributed by atoms with Crippen LogP contribution in [0.3, 0.4) is 0 Å². The maximum absolute atomic E-state index is 13.7. The molecule has 1 atom stereocenters. The first kappa shape index (κ1) is 15.4. The molecule has 6 nitrogen and oxygen atoms in total. The van der Waals surface area contributed by atoms with Crippen LogP contribution in [0.15, 0.2) is 18.2 Å². The second kappa shape index (κ2) is 7.12. The fourth-order valence-corrected chi connectivity index (χ4v) is 2.29. The van der Waals surface area contributed by atoms with Gasteiger partial charge in [0, 0.05) is 25.7 Å². The maximum Gasteiger partial charge on any atom is 0.407 e. The Kier molecular flexibility index (Phi) is 5.21. The summed E-state index contributed by atoms with van der Waals surface area (Å²) in [4.78, 5) is 12.3. The molecule has 1 amide bonds. The number of amides is 1. The summed E-state index contributed by atoms with van der Waals surface area (Å²) in [5, 5.41) is 12.2. The molecule has 0 radical (unpaired) electrons. The van der Waals surface area contributed by atoms with Crippen molar-refractivity contribution < 1.29 is 23.8 Å². The molecule has 2 rings (SSSR count). The highest BCUT2D eigenvalue weighted by molar-refractivity contribution is 5.65. The Morgan fingerprint density at radius 2 is 2.38 bits per heavy atom. The number of piperazine rings is 1. The quantitative estimate of drug-likeness (QED) is 0.863. The van der Waals surface area contributed by atoms with Crippen LogP contribution in [0.25, 0.3) is 0 Å². The smallest absolute Gasteiger partial charge is 0.407 e. The minimum Gasteiger partial charge on any atom is -0.493 e. The molecule has 0 spiro atoms. The van der Waals surface area contributed by atoms with E-state index in [9.17, 15) is 9.18 Å². The molecule has 1 fully saturated rings. The molecule has 1 heterocycles. The second-order valence-corrected chi connectivity index (χ2v) is 4.79. The maximum atomic E-state index is 13.7. The van der Waals surface area contributed by atoms with Gasteiger partial charge in [-0.2, -0.15) is 0 Å². The lowest BCUT2D eigenvalue weighted by molar-refractivity contribution is 0.124. The zero-order chi connectivity index (χ0) is 15.2. The van der Waals surface area contributed by atoms with Crippen molar-refractivity contribution in [2.75, 3.05) is 33.4 Å². The third kappa shape index (κ3) is 3.98. The molecule has 0 saturated carbocycles. The summed E-state index contributed by atoms with van der Waals surface area (Å²) in [6.07, 6.45) is -0.334. The van der Waals surface area contributed by atoms with E-state index in [4.69, 9.17) is 14.6 Å². The van der Waals surface area contributed by atoms with Gasteiger partial charge in [-0.15, -0.1) is 0 Å². The van der Waals surface area contributed by atoms with Crippen LogP contribution in [0.1, 0.15) is 6.42 Å². The van der Waals surface area contributed by atoms with E-state index in [-0.39, 0.29) is 18.4 Å². The van der Waals surface area contributed by atoms with Gasteiger partial charge in [0.25, 0.3) is 0 Å². The number of hydrogen-bond donors (Lipinski definition) is 2. The van der Waals surface area contributed by atoms with Crippen molar-refractivity contribution in [2.45, 2.75) is 12.5 Å². The number of methoxy groups -OCH3 is 1. The number of rotatable bonds is 5. The standard InChI is InChI=1S/C14H19FN2O4/c1-20-12-4-2-3-11(15)13(12)21-8-5-10-9-17(14(18)19)7-6-16-10/h2-4,10,16H,5-9H2,1H3,(H,18,19)/t10-/m1/s1. The SMILES string of the molecule is COc1cccc(F)c1OCC[C@@H]1CN(C(=O)O)CCN1. The van der Waals surface area contributed by atoms with E-state index in [1.165, 1.54) is 18.1 Å². The van der Waals surface area contributed by atoms with Crippen LogP contribution in [0.2, 0.25) is 0 Å². The molecular weight excluding hydrogens is 279 g/mol. The number of carboxylic acid groups (broad SMARTS) is 1. The summed E-state index contributed by atoms with van der Waals surface area (Å²) < 4.78 is 24.2. The van der Waals surface area contributed by atoms with Crippen LogP contribution in [-0.2, 0) is 0 Å². The Morgan fingerprint density at radius 1 is 1.57 bits per heavy atom. The topological polar surface area (TPSA) is 71.0 Å². The number of para-hydroxylation sites is 1. The summed E-state index contributed by atoms with van der Waals surface area (Å²) in [7, 11) is 1.45. The zero-order valence-electron chi connectivity index (χ0n) is 11.8. The van der Waals surface area contributed by atoms with Gasteiger partial charge in [0.15, 0.2) is 17.3 Å². The van der Waals surface area contributed by atoms with Crippen molar-refractivity contribution in [2.24, 2.45) is 0 Å². The predicted molar refractivity (Wildman–Crippen MR) is 74.5 cm³/mol. The van der Waals surface area contributed by atoms with E-state index >= 15 is 0 Å². The van der Waals surface area contributed by atoms with Crippen LogP contribution in [0.5, 0.6) is 11.5 Å². The van der Waals surface area contributed by atoms with E-state index < -0.39 is 11.9 Å². The van der Waals surface area contributed by atoms with Crippen LogP contribution < -0.4 is 14.8 Å². The van der Waals surface area contributed by atoms with Gasteiger partial charge < -0.3 is 24.8 Å². The van der Waals surface area contributed by atoms with Gasteiger partial charge in [0.1, 0.15) is 0 Å². The van der Waals surface area contributed by atoms with E-state index in [2.05, 4.69) is 5.32 Å². The van der Waals surface area contributed by atoms with Crippen LogP contribution in [-0.4, -0.2) is 55.5 Å². The Balaban J connectivity index is 1.86. The molecule has 2 N–H and O–H groups in total. The van der Waals surface area contributed by atoms with Crippen LogP contribution in [0, 0.1) is 5.82 Å². The summed E-state index contributed by atoms with van der Waals surface area (Å²) in [6.45, 7) is 1.78. The van der Waals surface area contributed by atoms with Crippen molar-refractivity contribution in [1.82, 2.24) is 10.2 Å². The number of carbonyl (C=O) groups is 1. The van der Waals surface area contributed by atoms with E-state index in [0.717, 1.165) is 0 Å². The molecule has 0 unspecified atom stereocenters. The summed E-state index contributed by atoms with van der Waals surface area (Å²) >= 11 is 0. The molecule has 0 aliphatic carbocycles. The van der Waals surface area contributed by atoms with Gasteiger partial charge in [0.2, 0.25) is 0 Å². The first-order valence-corrected chi connectivity index (χ1v) is 6.78. The first-order valence-electron chi connectivity index (χ1n) is 6.78. The fraction of sp³-hybridized carbons (Fsp3) is 0.500. The van der Waals surface area contributed by atoms with Crippen molar-refractivity contribution in [1.29, 1.82) is 0 Å². The minimum absolute atomic E-state index is 0.00705. The highest BCUT2D eigenvalue weighted by Crippen LogP contribution is 2.29. The second-order valence-electron chi connectivity index (χ2n) is 4.79. The molecule has 1 aromatic carbocycles. The van der Waals surface area contributed by atoms with E-state index in [1.807, 2.05) is 0 Å². The number of halogens is 1. The van der Waals surface area contributed by atoms with Crippen LogP contribution in [0.4, 0.5) is 9.18 Å². The van der Waals surface area contributed by atoms with Gasteiger partial charge >= 0.3 is 6.09 Å². The summed E-state index contributed by atoms with van der Waals surface area (Å²) in [5.74, 6) is -0.0391. The Labute approximate surface area is 122 Å². The number of ether oxygens (including phenoxy) is 2. The molecule has 1 saturated heterocycles. The molecule has 0 aromatic heterocycles. The van der Waals surface area contributed by atoms with E-state index in [1.54, 1.807) is 12.1 Å². The molecule has 21 heavy (non-hydrogen) atoms. The van der Waals surface area contributed by atoms with Gasteiger partial charge in [-0.25, -0.2) is 9.18 Å². The minimum atomic E-state index is -0.918.